The van der Waals surface area contributed by atoms with Crippen molar-refractivity contribution in [1.29, 1.82) is 0 Å². The summed E-state index contributed by atoms with van der Waals surface area (Å²) >= 11 is 1.91. The number of fused-ring (bicyclic) bond motifs is 2. The number of nitrogens with one attached hydrogen (secondary N) is 1. The second-order valence-electron chi connectivity index (χ2n) is 6.89. The Labute approximate surface area is 109 Å². The van der Waals surface area contributed by atoms with Crippen LogP contribution in [0, 0.1) is 23.2 Å². The molecule has 3 aliphatic rings. The minimum Gasteiger partial charge on any atom is -0.365 e. The van der Waals surface area contributed by atoms with Crippen molar-refractivity contribution in [2.45, 2.75) is 39.5 Å². The van der Waals surface area contributed by atoms with E-state index in [1.54, 1.807) is 0 Å². The van der Waals surface area contributed by atoms with Gasteiger partial charge in [0.15, 0.2) is 5.17 Å². The first kappa shape index (κ1) is 11.9. The van der Waals surface area contributed by atoms with E-state index in [9.17, 15) is 0 Å². The average molecular weight is 252 g/mol. The molecule has 2 aliphatic carbocycles. The Hall–Kier alpha value is -0.180. The normalized spacial score (nSPS) is 39.2. The van der Waals surface area contributed by atoms with Crippen molar-refractivity contribution in [3.05, 3.63) is 0 Å². The van der Waals surface area contributed by atoms with E-state index < -0.39 is 0 Å². The van der Waals surface area contributed by atoms with Gasteiger partial charge in [-0.3, -0.25) is 4.99 Å². The summed E-state index contributed by atoms with van der Waals surface area (Å²) < 4.78 is 0. The summed E-state index contributed by atoms with van der Waals surface area (Å²) in [4.78, 5) is 4.67. The third-order valence-electron chi connectivity index (χ3n) is 4.65. The number of nitrogens with zero attached hydrogens (tertiary/aromatic N) is 1. The molecule has 3 unspecified atom stereocenters. The zero-order chi connectivity index (χ0) is 11.9. The summed E-state index contributed by atoms with van der Waals surface area (Å²) in [6.45, 7) is 6.76. The molecule has 0 aromatic carbocycles. The number of hydrogen-bond acceptors (Lipinski definition) is 3. The van der Waals surface area contributed by atoms with E-state index in [4.69, 9.17) is 0 Å². The molecule has 0 aromatic rings. The molecule has 0 amide bonds. The van der Waals surface area contributed by atoms with Crippen LogP contribution in [0.1, 0.15) is 39.5 Å². The van der Waals surface area contributed by atoms with E-state index in [1.807, 2.05) is 11.8 Å². The van der Waals surface area contributed by atoms with Crippen LogP contribution in [-0.4, -0.2) is 24.0 Å². The van der Waals surface area contributed by atoms with Crippen molar-refractivity contribution in [3.63, 3.8) is 0 Å². The fraction of sp³-hybridized carbons (Fsp3) is 0.929. The molecule has 2 bridgehead atoms. The lowest BCUT2D eigenvalue weighted by molar-refractivity contribution is 0.332. The topological polar surface area (TPSA) is 24.4 Å². The standard InChI is InChI=1S/C14H24N2S/c1-14(2)8-16-13(17-9-14)15-7-12-6-10-3-4-11(12)5-10/h10-12H,3-9H2,1-2H3,(H,15,16). The van der Waals surface area contributed by atoms with Crippen LogP contribution in [0.5, 0.6) is 0 Å². The maximum Gasteiger partial charge on any atom is 0.156 e. The van der Waals surface area contributed by atoms with E-state index in [1.165, 1.54) is 43.1 Å². The van der Waals surface area contributed by atoms with Gasteiger partial charge in [-0.15, -0.1) is 0 Å². The van der Waals surface area contributed by atoms with Crippen LogP contribution in [0.25, 0.3) is 0 Å². The van der Waals surface area contributed by atoms with Gasteiger partial charge in [-0.05, 0) is 42.4 Å². The fourth-order valence-corrected chi connectivity index (χ4v) is 4.55. The lowest BCUT2D eigenvalue weighted by Crippen LogP contribution is -2.35. The molecule has 0 aromatic heterocycles. The average Bonchev–Trinajstić information content (AvgIpc) is 2.89. The summed E-state index contributed by atoms with van der Waals surface area (Å²) in [5.41, 5.74) is 0.391. The molecule has 3 atom stereocenters. The summed E-state index contributed by atoms with van der Waals surface area (Å²) in [6, 6.07) is 0. The van der Waals surface area contributed by atoms with Crippen molar-refractivity contribution < 1.29 is 0 Å². The van der Waals surface area contributed by atoms with E-state index in [0.29, 0.717) is 5.41 Å². The van der Waals surface area contributed by atoms with Gasteiger partial charge in [0.25, 0.3) is 0 Å². The molecule has 2 nitrogen and oxygen atoms in total. The molecule has 3 heteroatoms. The van der Waals surface area contributed by atoms with Gasteiger partial charge in [0.2, 0.25) is 0 Å². The molecule has 0 spiro atoms. The molecule has 1 N–H and O–H groups in total. The highest BCUT2D eigenvalue weighted by atomic mass is 32.2. The lowest BCUT2D eigenvalue weighted by Gasteiger charge is -2.29. The summed E-state index contributed by atoms with van der Waals surface area (Å²) in [5.74, 6) is 4.23. The maximum atomic E-state index is 4.67. The Bertz CT molecular complexity index is 324. The monoisotopic (exact) mass is 252 g/mol. The maximum absolute atomic E-state index is 4.67. The molecular formula is C14H24N2S. The Morgan fingerprint density at radius 3 is 2.82 bits per heavy atom. The predicted octanol–water partition coefficient (Wildman–Crippen LogP) is 3.14. The minimum atomic E-state index is 0.391. The molecule has 0 radical (unpaired) electrons. The van der Waals surface area contributed by atoms with Gasteiger partial charge >= 0.3 is 0 Å². The highest BCUT2D eigenvalue weighted by Crippen LogP contribution is 2.48. The highest BCUT2D eigenvalue weighted by Gasteiger charge is 2.39. The minimum absolute atomic E-state index is 0.391. The van der Waals surface area contributed by atoms with Gasteiger partial charge in [0, 0.05) is 18.8 Å². The van der Waals surface area contributed by atoms with Crippen molar-refractivity contribution in [3.8, 4) is 0 Å². The van der Waals surface area contributed by atoms with Crippen molar-refractivity contribution >= 4 is 16.9 Å². The number of hydrogen-bond donors (Lipinski definition) is 1. The molecule has 0 saturated heterocycles. The highest BCUT2D eigenvalue weighted by molar-refractivity contribution is 8.13. The Balaban J connectivity index is 1.47. The zero-order valence-electron chi connectivity index (χ0n) is 11.0. The fourth-order valence-electron chi connectivity index (χ4n) is 3.59. The van der Waals surface area contributed by atoms with Crippen LogP contribution < -0.4 is 5.32 Å². The largest absolute Gasteiger partial charge is 0.365 e. The van der Waals surface area contributed by atoms with Crippen LogP contribution in [0.2, 0.25) is 0 Å². The summed E-state index contributed by atoms with van der Waals surface area (Å²) in [5, 5.41) is 4.80. The van der Waals surface area contributed by atoms with Crippen molar-refractivity contribution in [1.82, 2.24) is 5.32 Å². The van der Waals surface area contributed by atoms with E-state index in [-0.39, 0.29) is 0 Å². The molecule has 2 saturated carbocycles. The Morgan fingerprint density at radius 2 is 2.24 bits per heavy atom. The van der Waals surface area contributed by atoms with Gasteiger partial charge < -0.3 is 5.32 Å². The number of thioether (sulfide) groups is 1. The first-order valence-corrected chi connectivity index (χ1v) is 8.02. The number of aliphatic imine (C=N–C) groups is 1. The van der Waals surface area contributed by atoms with Crippen LogP contribution in [0.3, 0.4) is 0 Å². The van der Waals surface area contributed by atoms with E-state index >= 15 is 0 Å². The van der Waals surface area contributed by atoms with E-state index in [0.717, 1.165) is 24.3 Å². The predicted molar refractivity (Wildman–Crippen MR) is 75.5 cm³/mol. The third kappa shape index (κ3) is 2.64. The van der Waals surface area contributed by atoms with Gasteiger partial charge in [-0.2, -0.15) is 0 Å². The van der Waals surface area contributed by atoms with Crippen LogP contribution in [0.4, 0.5) is 0 Å². The second-order valence-corrected chi connectivity index (χ2v) is 7.85. The summed E-state index contributed by atoms with van der Waals surface area (Å²) in [6.07, 6.45) is 5.98. The van der Waals surface area contributed by atoms with E-state index in [2.05, 4.69) is 24.2 Å². The molecule has 17 heavy (non-hydrogen) atoms. The number of rotatable bonds is 2. The molecule has 3 rings (SSSR count). The molecule has 2 fully saturated rings. The van der Waals surface area contributed by atoms with Gasteiger partial charge in [0.05, 0.1) is 0 Å². The third-order valence-corrected chi connectivity index (χ3v) is 6.12. The first-order valence-electron chi connectivity index (χ1n) is 7.03. The summed E-state index contributed by atoms with van der Waals surface area (Å²) in [7, 11) is 0. The lowest BCUT2D eigenvalue weighted by atomic mass is 9.89. The van der Waals surface area contributed by atoms with Crippen molar-refractivity contribution in [2.75, 3.05) is 18.8 Å². The van der Waals surface area contributed by atoms with Crippen molar-refractivity contribution in [2.24, 2.45) is 28.2 Å². The number of amidine groups is 1. The molecule has 1 aliphatic heterocycles. The van der Waals surface area contributed by atoms with Gasteiger partial charge in [-0.25, -0.2) is 0 Å². The zero-order valence-corrected chi connectivity index (χ0v) is 11.9. The molecule has 96 valence electrons. The first-order chi connectivity index (χ1) is 8.12. The SMILES string of the molecule is CC1(C)CN=C(NCC2CC3CCC2C3)SC1. The molecule has 1 heterocycles. The quantitative estimate of drug-likeness (QED) is 0.816. The van der Waals surface area contributed by atoms with Crippen LogP contribution >= 0.6 is 11.8 Å². The smallest absolute Gasteiger partial charge is 0.156 e. The van der Waals surface area contributed by atoms with Gasteiger partial charge in [-0.1, -0.05) is 32.0 Å². The van der Waals surface area contributed by atoms with Gasteiger partial charge in [0.1, 0.15) is 0 Å². The van der Waals surface area contributed by atoms with Crippen LogP contribution in [-0.2, 0) is 0 Å². The Morgan fingerprint density at radius 1 is 1.35 bits per heavy atom. The Kier molecular flexibility index (Phi) is 3.14. The second kappa shape index (κ2) is 4.49. The van der Waals surface area contributed by atoms with Crippen LogP contribution in [0.15, 0.2) is 4.99 Å². The molecular weight excluding hydrogens is 228 g/mol.